The molecule has 0 aromatic heterocycles. The quantitative estimate of drug-likeness (QED) is 0.470. The maximum Gasteiger partial charge on any atom is 0.263 e. The summed E-state index contributed by atoms with van der Waals surface area (Å²) in [4.78, 5) is 0. The number of halogens is 3. The van der Waals surface area contributed by atoms with Gasteiger partial charge in [-0.25, -0.2) is 8.78 Å². The van der Waals surface area contributed by atoms with Gasteiger partial charge >= 0.3 is 0 Å². The molecule has 1 saturated carbocycles. The average molecular weight is 358 g/mol. The van der Waals surface area contributed by atoms with Gasteiger partial charge in [-0.3, -0.25) is 4.39 Å². The van der Waals surface area contributed by atoms with Gasteiger partial charge in [-0.15, -0.1) is 0 Å². The van der Waals surface area contributed by atoms with E-state index < -0.39 is 6.43 Å². The van der Waals surface area contributed by atoms with Crippen molar-refractivity contribution < 1.29 is 13.2 Å². The van der Waals surface area contributed by atoms with Crippen LogP contribution in [0, 0.1) is 5.92 Å². The van der Waals surface area contributed by atoms with Crippen LogP contribution in [-0.4, -0.2) is 6.67 Å². The fraction of sp³-hybridized carbons (Fsp3) is 0.391. The maximum atomic E-state index is 12.7. The SMILES string of the molecule is FCCC=CC1CCC(c2ccc(-c3ccc(C(F)F)cc3)cc2)CC1. The molecule has 2 aromatic rings. The lowest BCUT2D eigenvalue weighted by atomic mass is 9.78. The van der Waals surface area contributed by atoms with Crippen LogP contribution < -0.4 is 0 Å². The molecule has 1 aliphatic carbocycles. The second kappa shape index (κ2) is 9.07. The van der Waals surface area contributed by atoms with Crippen molar-refractivity contribution in [3.05, 3.63) is 71.8 Å². The van der Waals surface area contributed by atoms with Gasteiger partial charge in [0.25, 0.3) is 6.43 Å². The molecule has 138 valence electrons. The molecule has 1 aliphatic rings. The third-order valence-electron chi connectivity index (χ3n) is 5.33. The Balaban J connectivity index is 1.60. The molecule has 0 saturated heterocycles. The van der Waals surface area contributed by atoms with Crippen molar-refractivity contribution in [1.82, 2.24) is 0 Å². The first-order valence-electron chi connectivity index (χ1n) is 9.38. The summed E-state index contributed by atoms with van der Waals surface area (Å²) in [5.74, 6) is 1.17. The van der Waals surface area contributed by atoms with Crippen LogP contribution >= 0.6 is 0 Å². The zero-order chi connectivity index (χ0) is 18.4. The monoisotopic (exact) mass is 358 g/mol. The van der Waals surface area contributed by atoms with Crippen LogP contribution in [-0.2, 0) is 0 Å². The lowest BCUT2D eigenvalue weighted by molar-refractivity contribution is 0.151. The first kappa shape index (κ1) is 18.8. The zero-order valence-electron chi connectivity index (χ0n) is 14.9. The second-order valence-electron chi connectivity index (χ2n) is 7.06. The van der Waals surface area contributed by atoms with Crippen LogP contribution in [0.5, 0.6) is 0 Å². The number of alkyl halides is 3. The minimum Gasteiger partial charge on any atom is -0.251 e. The van der Waals surface area contributed by atoms with Crippen LogP contribution in [0.4, 0.5) is 13.2 Å². The standard InChI is InChI=1S/C23H25F3/c24-16-2-1-3-17-4-6-18(7-5-17)19-8-10-20(11-9-19)21-12-14-22(15-13-21)23(25)26/h1,3,8-15,17-18,23H,2,4-7,16H2. The highest BCUT2D eigenvalue weighted by Crippen LogP contribution is 2.37. The van der Waals surface area contributed by atoms with Gasteiger partial charge in [-0.05, 0) is 60.6 Å². The molecule has 0 nitrogen and oxygen atoms in total. The fourth-order valence-electron chi connectivity index (χ4n) is 3.77. The molecule has 0 aliphatic heterocycles. The van der Waals surface area contributed by atoms with E-state index in [2.05, 4.69) is 30.3 Å². The highest BCUT2D eigenvalue weighted by molar-refractivity contribution is 5.64. The van der Waals surface area contributed by atoms with Crippen molar-refractivity contribution in [3.8, 4) is 11.1 Å². The van der Waals surface area contributed by atoms with Gasteiger partial charge in [-0.2, -0.15) is 0 Å². The molecule has 0 unspecified atom stereocenters. The third kappa shape index (κ3) is 4.78. The van der Waals surface area contributed by atoms with Crippen molar-refractivity contribution in [1.29, 1.82) is 0 Å². The molecule has 0 radical (unpaired) electrons. The Kier molecular flexibility index (Phi) is 6.54. The Labute approximate surface area is 153 Å². The summed E-state index contributed by atoms with van der Waals surface area (Å²) in [6.45, 7) is -0.275. The Morgan fingerprint density at radius 1 is 0.846 bits per heavy atom. The van der Waals surface area contributed by atoms with Gasteiger partial charge in [-0.1, -0.05) is 60.7 Å². The summed E-state index contributed by atoms with van der Waals surface area (Å²) in [5, 5.41) is 0. The number of hydrogen-bond acceptors (Lipinski definition) is 0. The zero-order valence-corrected chi connectivity index (χ0v) is 14.9. The first-order valence-corrected chi connectivity index (χ1v) is 9.38. The molecule has 0 N–H and O–H groups in total. The summed E-state index contributed by atoms with van der Waals surface area (Å²) in [5.41, 5.74) is 3.42. The second-order valence-corrected chi connectivity index (χ2v) is 7.06. The molecule has 0 amide bonds. The molecule has 0 heterocycles. The van der Waals surface area contributed by atoms with Gasteiger partial charge < -0.3 is 0 Å². The molecule has 3 rings (SSSR count). The molecule has 1 fully saturated rings. The van der Waals surface area contributed by atoms with Crippen molar-refractivity contribution >= 4 is 0 Å². The van der Waals surface area contributed by atoms with Crippen molar-refractivity contribution in [3.63, 3.8) is 0 Å². The van der Waals surface area contributed by atoms with E-state index in [1.54, 1.807) is 12.1 Å². The Hall–Kier alpha value is -2.03. The normalized spacial score (nSPS) is 20.8. The Bertz CT molecular complexity index is 693. The predicted octanol–water partition coefficient (Wildman–Crippen LogP) is 7.48. The van der Waals surface area contributed by atoms with Crippen molar-refractivity contribution in [2.24, 2.45) is 5.92 Å². The van der Waals surface area contributed by atoms with E-state index in [-0.39, 0.29) is 12.2 Å². The number of hydrogen-bond donors (Lipinski definition) is 0. The lowest BCUT2D eigenvalue weighted by Gasteiger charge is -2.27. The maximum absolute atomic E-state index is 12.7. The van der Waals surface area contributed by atoms with E-state index in [4.69, 9.17) is 0 Å². The van der Waals surface area contributed by atoms with Crippen LogP contribution in [0.15, 0.2) is 60.7 Å². The van der Waals surface area contributed by atoms with Gasteiger partial charge in [0.2, 0.25) is 0 Å². The third-order valence-corrected chi connectivity index (χ3v) is 5.33. The summed E-state index contributed by atoms with van der Waals surface area (Å²) in [6.07, 6.45) is 6.89. The largest absolute Gasteiger partial charge is 0.263 e. The van der Waals surface area contributed by atoms with Crippen LogP contribution in [0.1, 0.15) is 55.6 Å². The van der Waals surface area contributed by atoms with Gasteiger partial charge in [0.1, 0.15) is 0 Å². The number of rotatable bonds is 6. The van der Waals surface area contributed by atoms with Crippen LogP contribution in [0.2, 0.25) is 0 Å². The Morgan fingerprint density at radius 2 is 1.42 bits per heavy atom. The van der Waals surface area contributed by atoms with Crippen molar-refractivity contribution in [2.45, 2.75) is 44.4 Å². The highest BCUT2D eigenvalue weighted by Gasteiger charge is 2.20. The molecule has 0 atom stereocenters. The average Bonchev–Trinajstić information content (AvgIpc) is 2.69. The topological polar surface area (TPSA) is 0 Å². The van der Waals surface area contributed by atoms with E-state index in [0.717, 1.165) is 36.8 Å². The van der Waals surface area contributed by atoms with Gasteiger partial charge in [0.05, 0.1) is 6.67 Å². The minimum absolute atomic E-state index is 0.0581. The summed E-state index contributed by atoms with van der Waals surface area (Å²) in [6, 6.07) is 15.0. The van der Waals surface area contributed by atoms with E-state index in [1.807, 2.05) is 6.08 Å². The summed E-state index contributed by atoms with van der Waals surface area (Å²) in [7, 11) is 0. The van der Waals surface area contributed by atoms with E-state index in [0.29, 0.717) is 18.3 Å². The molecule has 26 heavy (non-hydrogen) atoms. The first-order chi connectivity index (χ1) is 12.7. The van der Waals surface area contributed by atoms with Crippen LogP contribution in [0.25, 0.3) is 11.1 Å². The highest BCUT2D eigenvalue weighted by atomic mass is 19.3. The molecule has 3 heteroatoms. The van der Waals surface area contributed by atoms with E-state index in [9.17, 15) is 13.2 Å². The summed E-state index contributed by atoms with van der Waals surface area (Å²) < 4.78 is 37.5. The Morgan fingerprint density at radius 3 is 1.96 bits per heavy atom. The smallest absolute Gasteiger partial charge is 0.251 e. The van der Waals surface area contributed by atoms with E-state index >= 15 is 0 Å². The van der Waals surface area contributed by atoms with Gasteiger partial charge in [0.15, 0.2) is 0 Å². The molecular formula is C23H25F3. The molecular weight excluding hydrogens is 333 g/mol. The van der Waals surface area contributed by atoms with Crippen molar-refractivity contribution in [2.75, 3.05) is 6.67 Å². The molecule has 0 spiro atoms. The molecule has 0 bridgehead atoms. The predicted molar refractivity (Wildman–Crippen MR) is 101 cm³/mol. The number of benzene rings is 2. The van der Waals surface area contributed by atoms with Crippen LogP contribution in [0.3, 0.4) is 0 Å². The number of allylic oxidation sites excluding steroid dienone is 2. The lowest BCUT2D eigenvalue weighted by Crippen LogP contribution is -2.11. The van der Waals surface area contributed by atoms with Gasteiger partial charge in [0, 0.05) is 5.56 Å². The molecule has 2 aromatic carbocycles. The fourth-order valence-corrected chi connectivity index (χ4v) is 3.77. The van der Waals surface area contributed by atoms with E-state index in [1.165, 1.54) is 17.7 Å². The minimum atomic E-state index is -2.42. The summed E-state index contributed by atoms with van der Waals surface area (Å²) >= 11 is 0.